The van der Waals surface area contributed by atoms with E-state index in [1.165, 1.54) is 33.3 Å². The molecule has 1 unspecified atom stereocenters. The highest BCUT2D eigenvalue weighted by Gasteiger charge is 2.16. The van der Waals surface area contributed by atoms with Crippen LogP contribution in [0.2, 0.25) is 5.02 Å². The Balaban J connectivity index is 2.70. The Morgan fingerprint density at radius 1 is 1.20 bits per heavy atom. The molecule has 0 bridgehead atoms. The van der Waals surface area contributed by atoms with Gasteiger partial charge in [0.25, 0.3) is 5.91 Å². The summed E-state index contributed by atoms with van der Waals surface area (Å²) in [6, 6.07) is 3.30. The zero-order chi connectivity index (χ0) is 19.0. The maximum atomic E-state index is 11.9. The van der Waals surface area contributed by atoms with Crippen molar-refractivity contribution in [3.05, 3.63) is 28.8 Å². The van der Waals surface area contributed by atoms with E-state index in [4.69, 9.17) is 25.8 Å². The lowest BCUT2D eigenvalue weighted by Crippen LogP contribution is -2.37. The first kappa shape index (κ1) is 20.8. The zero-order valence-corrected chi connectivity index (χ0v) is 15.8. The van der Waals surface area contributed by atoms with E-state index in [1.54, 1.807) is 12.1 Å². The molecule has 7 heteroatoms. The summed E-state index contributed by atoms with van der Waals surface area (Å²) < 4.78 is 15.4. The summed E-state index contributed by atoms with van der Waals surface area (Å²) in [6.45, 7) is 6.01. The Kier molecular flexibility index (Phi) is 8.28. The molecule has 6 nitrogen and oxygen atoms in total. The Morgan fingerprint density at radius 2 is 1.88 bits per heavy atom. The fraction of sp³-hybridized carbons (Fsp3) is 0.444. The highest BCUT2D eigenvalue weighted by molar-refractivity contribution is 6.32. The summed E-state index contributed by atoms with van der Waals surface area (Å²) in [6.07, 6.45) is 1.88. The molecular weight excluding hydrogens is 346 g/mol. The van der Waals surface area contributed by atoms with Crippen LogP contribution in [0.15, 0.2) is 18.2 Å². The molecule has 0 spiro atoms. The molecule has 0 heterocycles. The lowest BCUT2D eigenvalue weighted by Gasteiger charge is -2.13. The van der Waals surface area contributed by atoms with Crippen LogP contribution in [0.25, 0.3) is 6.08 Å². The minimum Gasteiger partial charge on any atom is -0.493 e. The average molecular weight is 370 g/mol. The van der Waals surface area contributed by atoms with Gasteiger partial charge in [-0.15, -0.1) is 0 Å². The summed E-state index contributed by atoms with van der Waals surface area (Å²) >= 11 is 6.11. The number of rotatable bonds is 8. The molecule has 0 fully saturated rings. The summed E-state index contributed by atoms with van der Waals surface area (Å²) in [5.74, 6) is 0.230. The van der Waals surface area contributed by atoms with E-state index >= 15 is 0 Å². The smallest absolute Gasteiger partial charge is 0.331 e. The van der Waals surface area contributed by atoms with Crippen LogP contribution in [0.4, 0.5) is 0 Å². The van der Waals surface area contributed by atoms with Gasteiger partial charge in [-0.25, -0.2) is 4.79 Å². The SMILES string of the molecule is COc1cc(/C=C/C(=O)OC(C)C(=O)NCC(C)C)cc(Cl)c1OC. The standard InChI is InChI=1S/C18H24ClNO5/c1-11(2)10-20-18(22)12(3)25-16(21)7-6-13-8-14(19)17(24-5)15(9-13)23-4/h6-9,11-12H,10H2,1-5H3,(H,20,22)/b7-6+. The van der Waals surface area contributed by atoms with Crippen molar-refractivity contribution in [1.82, 2.24) is 5.32 Å². The molecule has 0 aliphatic carbocycles. The van der Waals surface area contributed by atoms with Gasteiger partial charge in [-0.3, -0.25) is 4.79 Å². The molecule has 1 rings (SSSR count). The minimum atomic E-state index is -0.870. The van der Waals surface area contributed by atoms with Crippen LogP contribution in [0, 0.1) is 5.92 Å². The number of esters is 1. The van der Waals surface area contributed by atoms with E-state index in [1.807, 2.05) is 13.8 Å². The fourth-order valence-electron chi connectivity index (χ4n) is 1.91. The van der Waals surface area contributed by atoms with Crippen molar-refractivity contribution in [2.45, 2.75) is 26.9 Å². The van der Waals surface area contributed by atoms with Gasteiger partial charge in [-0.05, 0) is 36.6 Å². The molecular formula is C18H24ClNO5. The molecule has 1 aromatic carbocycles. The van der Waals surface area contributed by atoms with Gasteiger partial charge >= 0.3 is 5.97 Å². The van der Waals surface area contributed by atoms with E-state index in [9.17, 15) is 9.59 Å². The molecule has 1 N–H and O–H groups in total. The molecule has 0 saturated heterocycles. The second-order valence-corrected chi connectivity index (χ2v) is 6.20. The third-order valence-electron chi connectivity index (χ3n) is 3.21. The summed E-state index contributed by atoms with van der Waals surface area (Å²) in [5, 5.41) is 3.07. The van der Waals surface area contributed by atoms with E-state index < -0.39 is 12.1 Å². The van der Waals surface area contributed by atoms with Gasteiger partial charge in [-0.1, -0.05) is 25.4 Å². The molecule has 138 valence electrons. The van der Waals surface area contributed by atoms with Gasteiger partial charge in [0.05, 0.1) is 19.2 Å². The van der Waals surface area contributed by atoms with Crippen molar-refractivity contribution in [3.8, 4) is 11.5 Å². The normalized spacial score (nSPS) is 12.1. The number of methoxy groups -OCH3 is 2. The van der Waals surface area contributed by atoms with E-state index in [2.05, 4.69) is 5.32 Å². The van der Waals surface area contributed by atoms with Crippen molar-refractivity contribution in [1.29, 1.82) is 0 Å². The highest BCUT2D eigenvalue weighted by atomic mass is 35.5. The van der Waals surface area contributed by atoms with E-state index in [-0.39, 0.29) is 5.91 Å². The average Bonchev–Trinajstić information content (AvgIpc) is 2.56. The molecule has 0 saturated carbocycles. The largest absolute Gasteiger partial charge is 0.493 e. The zero-order valence-electron chi connectivity index (χ0n) is 15.1. The number of ether oxygens (including phenoxy) is 3. The van der Waals surface area contributed by atoms with Crippen molar-refractivity contribution in [3.63, 3.8) is 0 Å². The third kappa shape index (κ3) is 6.66. The number of carbonyl (C=O) groups is 2. The predicted octanol–water partition coefficient (Wildman–Crippen LogP) is 3.07. The lowest BCUT2D eigenvalue weighted by molar-refractivity contribution is -0.150. The Bertz CT molecular complexity index is 643. The van der Waals surface area contributed by atoms with Gasteiger partial charge in [0.1, 0.15) is 0 Å². The maximum Gasteiger partial charge on any atom is 0.331 e. The number of hydrogen-bond acceptors (Lipinski definition) is 5. The second-order valence-electron chi connectivity index (χ2n) is 5.79. The van der Waals surface area contributed by atoms with Crippen molar-refractivity contribution >= 4 is 29.6 Å². The van der Waals surface area contributed by atoms with Gasteiger partial charge in [-0.2, -0.15) is 0 Å². The monoisotopic (exact) mass is 369 g/mol. The highest BCUT2D eigenvalue weighted by Crippen LogP contribution is 2.36. The molecule has 0 aliphatic heterocycles. The third-order valence-corrected chi connectivity index (χ3v) is 3.50. The molecule has 1 aromatic rings. The quantitative estimate of drug-likeness (QED) is 0.563. The number of nitrogens with one attached hydrogen (secondary N) is 1. The fourth-order valence-corrected chi connectivity index (χ4v) is 2.21. The summed E-state index contributed by atoms with van der Waals surface area (Å²) in [5.41, 5.74) is 0.636. The Labute approximate surface area is 153 Å². The van der Waals surface area contributed by atoms with Crippen molar-refractivity contribution in [2.75, 3.05) is 20.8 Å². The van der Waals surface area contributed by atoms with Crippen LogP contribution in [0.1, 0.15) is 26.3 Å². The first-order valence-corrected chi connectivity index (χ1v) is 8.24. The number of carbonyl (C=O) groups excluding carboxylic acids is 2. The number of halogens is 1. The van der Waals surface area contributed by atoms with Gasteiger partial charge < -0.3 is 19.5 Å². The first-order valence-electron chi connectivity index (χ1n) is 7.86. The second kappa shape index (κ2) is 9.93. The van der Waals surface area contributed by atoms with Crippen LogP contribution in [-0.4, -0.2) is 38.7 Å². The van der Waals surface area contributed by atoms with Crippen LogP contribution >= 0.6 is 11.6 Å². The van der Waals surface area contributed by atoms with Crippen LogP contribution in [0.3, 0.4) is 0 Å². The molecule has 0 aromatic heterocycles. The van der Waals surface area contributed by atoms with Gasteiger partial charge in [0, 0.05) is 12.6 Å². The first-order chi connectivity index (χ1) is 11.8. The predicted molar refractivity (Wildman–Crippen MR) is 97.0 cm³/mol. The summed E-state index contributed by atoms with van der Waals surface area (Å²) in [4.78, 5) is 23.6. The Hall–Kier alpha value is -2.21. The number of amides is 1. The summed E-state index contributed by atoms with van der Waals surface area (Å²) in [7, 11) is 2.98. The maximum absolute atomic E-state index is 11.9. The molecule has 1 atom stereocenters. The van der Waals surface area contributed by atoms with E-state index in [0.717, 1.165) is 0 Å². The minimum absolute atomic E-state index is 0.321. The van der Waals surface area contributed by atoms with E-state index in [0.29, 0.717) is 34.5 Å². The van der Waals surface area contributed by atoms with Gasteiger partial charge in [0.15, 0.2) is 17.6 Å². The van der Waals surface area contributed by atoms with Crippen LogP contribution < -0.4 is 14.8 Å². The van der Waals surface area contributed by atoms with Crippen LogP contribution in [-0.2, 0) is 14.3 Å². The Morgan fingerprint density at radius 3 is 2.44 bits per heavy atom. The topological polar surface area (TPSA) is 73.9 Å². The van der Waals surface area contributed by atoms with Gasteiger partial charge in [0.2, 0.25) is 0 Å². The molecule has 0 aliphatic rings. The molecule has 25 heavy (non-hydrogen) atoms. The van der Waals surface area contributed by atoms with Crippen LogP contribution in [0.5, 0.6) is 11.5 Å². The van der Waals surface area contributed by atoms with Crippen molar-refractivity contribution in [2.24, 2.45) is 5.92 Å². The lowest BCUT2D eigenvalue weighted by atomic mass is 10.2. The molecule has 1 amide bonds. The molecule has 0 radical (unpaired) electrons. The number of benzene rings is 1. The van der Waals surface area contributed by atoms with Crippen molar-refractivity contribution < 1.29 is 23.8 Å². The number of hydrogen-bond donors (Lipinski definition) is 1.